The third kappa shape index (κ3) is 20.4. The largest absolute Gasteiger partial charge is 0.481 e. The second kappa shape index (κ2) is 28.2. The third-order valence-electron chi connectivity index (χ3n) is 12.0. The fourth-order valence-corrected chi connectivity index (χ4v) is 9.42. The van der Waals surface area contributed by atoms with Crippen LogP contribution in [0.5, 0.6) is 0 Å². The number of nitrogens with zero attached hydrogens (tertiary/aromatic N) is 2. The highest BCUT2D eigenvalue weighted by atomic mass is 32.1. The van der Waals surface area contributed by atoms with Crippen molar-refractivity contribution >= 4 is 86.5 Å². The molecule has 1 aliphatic rings. The van der Waals surface area contributed by atoms with E-state index in [-0.39, 0.29) is 42.8 Å². The minimum atomic E-state index is -1.72. The summed E-state index contributed by atoms with van der Waals surface area (Å²) >= 11 is 1.51. The van der Waals surface area contributed by atoms with Crippen molar-refractivity contribution in [2.45, 2.75) is 175 Å². The smallest absolute Gasteiger partial charge is 0.308 e. The summed E-state index contributed by atoms with van der Waals surface area (Å²) in [6, 6.07) is 6.53. The van der Waals surface area contributed by atoms with E-state index in [1.54, 1.807) is 51.0 Å². The number of unbranched alkanes of at least 4 members (excludes halogenated alkanes) is 3. The molecule has 412 valence electrons. The van der Waals surface area contributed by atoms with Crippen LogP contribution in [0.2, 0.25) is 0 Å². The van der Waals surface area contributed by atoms with E-state index in [4.69, 9.17) is 9.47 Å². The fourth-order valence-electron chi connectivity index (χ4n) is 8.60. The number of aliphatic carboxylic acids is 1. The maximum atomic E-state index is 13.7. The molecule has 75 heavy (non-hydrogen) atoms. The summed E-state index contributed by atoms with van der Waals surface area (Å²) < 4.78 is 13.4. The Morgan fingerprint density at radius 1 is 0.733 bits per heavy atom. The highest BCUT2D eigenvalue weighted by molar-refractivity contribution is 7.17. The SMILES string of the molecule is CCN(C(=O)Cn1c(C(=O)N[C@H]2CC[C@H](C(=O)NCCCCCCNC(=O)[C@H](CC(=O)OC(C)(C)C)NC(=O)[C@H](CC(=O)OC(C)(C)C)NC(=O)[C@H](CC(=O)O)NC(C)=O)CC2)cc2sccc21)c1cccc(C)c1. The van der Waals surface area contributed by atoms with Gasteiger partial charge in [-0.15, -0.1) is 11.3 Å². The summed E-state index contributed by atoms with van der Waals surface area (Å²) in [5.41, 5.74) is 1.17. The lowest BCUT2D eigenvalue weighted by Crippen LogP contribution is -2.58. The lowest BCUT2D eigenvalue weighted by atomic mass is 9.85. The molecule has 22 heteroatoms. The van der Waals surface area contributed by atoms with Gasteiger partial charge in [-0.25, -0.2) is 0 Å². The number of carbonyl (C=O) groups excluding carboxylic acids is 9. The van der Waals surface area contributed by atoms with Crippen molar-refractivity contribution in [1.82, 2.24) is 36.5 Å². The van der Waals surface area contributed by atoms with E-state index in [2.05, 4.69) is 31.9 Å². The molecule has 1 saturated carbocycles. The van der Waals surface area contributed by atoms with Crippen molar-refractivity contribution < 1.29 is 62.5 Å². The summed E-state index contributed by atoms with van der Waals surface area (Å²) in [7, 11) is 0. The van der Waals surface area contributed by atoms with Gasteiger partial charge in [0.25, 0.3) is 5.91 Å². The molecule has 0 aliphatic heterocycles. The number of nitrogens with one attached hydrogen (secondary N) is 6. The van der Waals surface area contributed by atoms with Crippen molar-refractivity contribution in [2.75, 3.05) is 24.5 Å². The molecule has 0 bridgehead atoms. The van der Waals surface area contributed by atoms with Crippen LogP contribution in [0, 0.1) is 12.8 Å². The van der Waals surface area contributed by atoms with E-state index in [1.165, 1.54) is 11.3 Å². The Hall–Kier alpha value is -6.84. The second-order valence-corrected chi connectivity index (χ2v) is 21.8. The van der Waals surface area contributed by atoms with E-state index in [1.807, 2.05) is 55.6 Å². The van der Waals surface area contributed by atoms with E-state index >= 15 is 0 Å². The van der Waals surface area contributed by atoms with Gasteiger partial charge in [0.15, 0.2) is 0 Å². The first-order chi connectivity index (χ1) is 35.2. The molecule has 1 aliphatic carbocycles. The number of carboxylic acids is 1. The van der Waals surface area contributed by atoms with Crippen LogP contribution in [0.25, 0.3) is 10.2 Å². The lowest BCUT2D eigenvalue weighted by molar-refractivity contribution is -0.158. The first-order valence-corrected chi connectivity index (χ1v) is 26.4. The maximum absolute atomic E-state index is 13.7. The fraction of sp³-hybridized carbons (Fsp3) is 0.585. The predicted molar refractivity (Wildman–Crippen MR) is 281 cm³/mol. The molecule has 2 heterocycles. The van der Waals surface area contributed by atoms with Gasteiger partial charge < -0.3 is 55.9 Å². The molecule has 7 amide bonds. The average Bonchev–Trinajstić information content (AvgIpc) is 3.90. The van der Waals surface area contributed by atoms with E-state index in [0.29, 0.717) is 70.2 Å². The van der Waals surface area contributed by atoms with Crippen molar-refractivity contribution in [3.63, 3.8) is 0 Å². The summed E-state index contributed by atoms with van der Waals surface area (Å²) in [6.45, 7) is 15.7. The molecule has 1 fully saturated rings. The van der Waals surface area contributed by atoms with Crippen molar-refractivity contribution in [3.05, 3.63) is 53.0 Å². The van der Waals surface area contributed by atoms with Crippen LogP contribution in [0.15, 0.2) is 41.8 Å². The van der Waals surface area contributed by atoms with Gasteiger partial charge in [-0.1, -0.05) is 25.0 Å². The zero-order valence-electron chi connectivity index (χ0n) is 44.7. The number of hydrogen-bond donors (Lipinski definition) is 7. The van der Waals surface area contributed by atoms with Gasteiger partial charge in [0.1, 0.15) is 41.6 Å². The Bertz CT molecular complexity index is 2500. The van der Waals surface area contributed by atoms with Crippen LogP contribution in [-0.2, 0) is 59.2 Å². The minimum Gasteiger partial charge on any atom is -0.481 e. The number of rotatable bonds is 26. The number of carbonyl (C=O) groups is 10. The van der Waals surface area contributed by atoms with Gasteiger partial charge >= 0.3 is 17.9 Å². The number of hydrogen-bond acceptors (Lipinski definition) is 13. The lowest BCUT2D eigenvalue weighted by Gasteiger charge is -2.28. The summed E-state index contributed by atoms with van der Waals surface area (Å²) in [6.07, 6.45) is 2.83. The molecule has 1 aromatic carbocycles. The van der Waals surface area contributed by atoms with Crippen LogP contribution >= 0.6 is 11.3 Å². The van der Waals surface area contributed by atoms with Gasteiger partial charge in [-0.3, -0.25) is 47.9 Å². The van der Waals surface area contributed by atoms with Crippen LogP contribution in [0.1, 0.15) is 142 Å². The van der Waals surface area contributed by atoms with Gasteiger partial charge in [-0.05, 0) is 129 Å². The molecule has 4 rings (SSSR count). The number of aromatic nitrogens is 1. The zero-order chi connectivity index (χ0) is 55.6. The van der Waals surface area contributed by atoms with Crippen LogP contribution < -0.4 is 36.8 Å². The molecule has 3 aromatic rings. The normalized spacial score (nSPS) is 15.8. The summed E-state index contributed by atoms with van der Waals surface area (Å²) in [5, 5.41) is 27.1. The molecule has 0 radical (unpaired) electrons. The quantitative estimate of drug-likeness (QED) is 0.0429. The van der Waals surface area contributed by atoms with E-state index < -0.39 is 90.1 Å². The molecule has 7 N–H and O–H groups in total. The standard InChI is InChI=1S/C53H76N8O13S/c1-10-60(36-17-15-16-32(2)26-36)43(63)31-61-40-22-25-75-42(40)30-41(61)51(72)57-35-20-18-34(19-21-35)47(68)54-23-13-11-12-14-24-55-48(69)38(28-45(66)73-52(4,5)6)58-50(71)39(29-46(67)74-53(7,8)9)59-49(70)37(27-44(64)65)56-33(3)62/h15-17,22,25-26,30,34-35,37-39H,10-14,18-21,23-24,27-29,31H2,1-9H3,(H,54,68)(H,55,69)(H,56,62)(H,57,72)(H,58,71)(H,59,70)(H,64,65)/t34-,35-,37-,38-,39-/m0/s1. The maximum Gasteiger partial charge on any atom is 0.308 e. The minimum absolute atomic E-state index is 0.00521. The van der Waals surface area contributed by atoms with Crippen molar-refractivity contribution in [1.29, 1.82) is 0 Å². The van der Waals surface area contributed by atoms with Gasteiger partial charge in [0.2, 0.25) is 35.4 Å². The number of anilines is 1. The molecule has 3 atom stereocenters. The monoisotopic (exact) mass is 1060 g/mol. The van der Waals surface area contributed by atoms with Crippen LogP contribution in [0.3, 0.4) is 0 Å². The molecular formula is C53H76N8O13S. The Kier molecular flexibility index (Phi) is 22.8. The zero-order valence-corrected chi connectivity index (χ0v) is 45.5. The average molecular weight is 1070 g/mol. The number of fused-ring (bicyclic) bond motifs is 1. The van der Waals surface area contributed by atoms with Crippen LogP contribution in [-0.4, -0.2) is 124 Å². The number of ether oxygens (including phenoxy) is 2. The molecular weight excluding hydrogens is 989 g/mol. The molecule has 0 spiro atoms. The van der Waals surface area contributed by atoms with Crippen LogP contribution in [0.4, 0.5) is 5.69 Å². The number of amides is 7. The Morgan fingerprint density at radius 3 is 1.83 bits per heavy atom. The van der Waals surface area contributed by atoms with Gasteiger partial charge in [0.05, 0.1) is 29.5 Å². The van der Waals surface area contributed by atoms with E-state index in [0.717, 1.165) is 28.4 Å². The number of likely N-dealkylation sites (N-methyl/N-ethyl adjacent to an activating group) is 1. The number of esters is 2. The Balaban J connectivity index is 1.24. The van der Waals surface area contributed by atoms with Gasteiger partial charge in [0, 0.05) is 44.2 Å². The van der Waals surface area contributed by atoms with Crippen molar-refractivity contribution in [3.8, 4) is 0 Å². The third-order valence-corrected chi connectivity index (χ3v) is 12.9. The first kappa shape index (κ1) is 60.7. The van der Waals surface area contributed by atoms with E-state index in [9.17, 15) is 53.1 Å². The highest BCUT2D eigenvalue weighted by Gasteiger charge is 2.35. The number of aryl methyl sites for hydroxylation is 1. The predicted octanol–water partition coefficient (Wildman–Crippen LogP) is 4.56. The number of carboxylic acid groups (broad SMARTS) is 1. The number of thiophene rings is 1. The van der Waals surface area contributed by atoms with Gasteiger partial charge in [-0.2, -0.15) is 0 Å². The summed E-state index contributed by atoms with van der Waals surface area (Å²) in [5.74, 6) is -7.44. The molecule has 21 nitrogen and oxygen atoms in total. The highest BCUT2D eigenvalue weighted by Crippen LogP contribution is 2.28. The molecule has 2 aromatic heterocycles. The Morgan fingerprint density at radius 2 is 1.29 bits per heavy atom. The second-order valence-electron chi connectivity index (χ2n) is 20.8. The van der Waals surface area contributed by atoms with Crippen molar-refractivity contribution in [2.24, 2.45) is 5.92 Å². The summed E-state index contributed by atoms with van der Waals surface area (Å²) in [4.78, 5) is 132. The first-order valence-electron chi connectivity index (χ1n) is 25.6. The Labute approximate surface area is 442 Å². The molecule has 0 saturated heterocycles. The topological polar surface area (TPSA) is 290 Å². The number of benzene rings is 1. The molecule has 0 unspecified atom stereocenters.